The van der Waals surface area contributed by atoms with Gasteiger partial charge in [-0.05, 0) is 6.92 Å². The van der Waals surface area contributed by atoms with Crippen molar-refractivity contribution in [2.45, 2.75) is 11.4 Å². The van der Waals surface area contributed by atoms with E-state index >= 15 is 0 Å². The molecule has 0 N–H and O–H groups in total. The molecule has 0 spiro atoms. The van der Waals surface area contributed by atoms with E-state index in [4.69, 9.17) is 32.4 Å². The van der Waals surface area contributed by atoms with Gasteiger partial charge in [-0.3, -0.25) is 0 Å². The lowest BCUT2D eigenvalue weighted by atomic mass is 10.4. The second-order valence-electron chi connectivity index (χ2n) is 2.29. The van der Waals surface area contributed by atoms with Crippen LogP contribution in [0.3, 0.4) is 0 Å². The molecule has 0 aliphatic heterocycles. The van der Waals surface area contributed by atoms with Crippen molar-refractivity contribution in [3.05, 3.63) is 12.2 Å². The number of alkyl halides is 2. The largest absolute Gasteiger partial charge is 0.397 e. The zero-order chi connectivity index (χ0) is 8.91. The molecule has 0 unspecified atom stereocenters. The van der Waals surface area contributed by atoms with Gasteiger partial charge in [0.05, 0.1) is 6.61 Å². The fraction of sp³-hybridized carbons (Fsp3) is 0.667. The van der Waals surface area contributed by atoms with Crippen molar-refractivity contribution < 1.29 is 9.16 Å². The molecule has 0 aliphatic rings. The van der Waals surface area contributed by atoms with E-state index < -0.39 is 4.52 Å². The highest BCUT2D eigenvalue weighted by molar-refractivity contribution is 6.48. The SMILES string of the molecule is C=C(C)COCC(Cl)(Cl)O[SiH3]. The molecular weight excluding hydrogens is 203 g/mol. The van der Waals surface area contributed by atoms with Crippen LogP contribution in [0.15, 0.2) is 12.2 Å². The van der Waals surface area contributed by atoms with Crippen molar-refractivity contribution in [3.8, 4) is 0 Å². The summed E-state index contributed by atoms with van der Waals surface area (Å²) in [6.45, 7) is 6.16. The van der Waals surface area contributed by atoms with E-state index in [2.05, 4.69) is 6.58 Å². The van der Waals surface area contributed by atoms with Crippen molar-refractivity contribution in [3.63, 3.8) is 0 Å². The Labute approximate surface area is 80.0 Å². The molecular formula is C6H12Cl2O2Si. The van der Waals surface area contributed by atoms with Crippen LogP contribution in [0.5, 0.6) is 0 Å². The molecule has 0 atom stereocenters. The molecule has 2 nitrogen and oxygen atoms in total. The predicted molar refractivity (Wildman–Crippen MR) is 51.1 cm³/mol. The molecule has 0 rings (SSSR count). The summed E-state index contributed by atoms with van der Waals surface area (Å²) in [6, 6.07) is 0. The quantitative estimate of drug-likeness (QED) is 0.387. The molecule has 0 heterocycles. The molecule has 0 amide bonds. The number of rotatable bonds is 5. The zero-order valence-electron chi connectivity index (χ0n) is 6.69. The minimum atomic E-state index is -1.18. The van der Waals surface area contributed by atoms with Gasteiger partial charge in [0.1, 0.15) is 17.1 Å². The summed E-state index contributed by atoms with van der Waals surface area (Å²) in [6.07, 6.45) is 0. The molecule has 0 saturated carbocycles. The van der Waals surface area contributed by atoms with Gasteiger partial charge in [0.15, 0.2) is 0 Å². The van der Waals surface area contributed by atoms with Crippen LogP contribution in [0.4, 0.5) is 0 Å². The van der Waals surface area contributed by atoms with Gasteiger partial charge < -0.3 is 9.16 Å². The number of hydrogen-bond acceptors (Lipinski definition) is 2. The molecule has 0 bridgehead atoms. The molecule has 66 valence electrons. The van der Waals surface area contributed by atoms with Crippen molar-refractivity contribution in [1.82, 2.24) is 0 Å². The fourth-order valence-electron chi connectivity index (χ4n) is 0.403. The predicted octanol–water partition coefficient (Wildman–Crippen LogP) is 1.01. The average Bonchev–Trinajstić information content (AvgIpc) is 1.87. The lowest BCUT2D eigenvalue weighted by molar-refractivity contribution is 0.0840. The van der Waals surface area contributed by atoms with Gasteiger partial charge in [-0.2, -0.15) is 0 Å². The van der Waals surface area contributed by atoms with Gasteiger partial charge in [-0.25, -0.2) is 0 Å². The number of halogens is 2. The molecule has 0 aliphatic carbocycles. The Morgan fingerprint density at radius 3 is 2.55 bits per heavy atom. The fourth-order valence-corrected chi connectivity index (χ4v) is 0.675. The zero-order valence-corrected chi connectivity index (χ0v) is 10.2. The van der Waals surface area contributed by atoms with E-state index in [-0.39, 0.29) is 6.61 Å². The minimum absolute atomic E-state index is 0.173. The third kappa shape index (κ3) is 6.84. The number of ether oxygens (including phenoxy) is 1. The van der Waals surface area contributed by atoms with Crippen LogP contribution in [0.1, 0.15) is 6.92 Å². The number of hydrogen-bond donors (Lipinski definition) is 0. The Balaban J connectivity index is 3.45. The summed E-state index contributed by atoms with van der Waals surface area (Å²) in [5, 5.41) is 0. The van der Waals surface area contributed by atoms with Gasteiger partial charge in [0, 0.05) is 0 Å². The third-order valence-corrected chi connectivity index (χ3v) is 2.66. The molecule has 11 heavy (non-hydrogen) atoms. The van der Waals surface area contributed by atoms with E-state index in [0.717, 1.165) is 5.57 Å². The van der Waals surface area contributed by atoms with Gasteiger partial charge >= 0.3 is 0 Å². The van der Waals surface area contributed by atoms with Crippen LogP contribution in [-0.2, 0) is 9.16 Å². The summed E-state index contributed by atoms with van der Waals surface area (Å²) >= 11 is 11.3. The smallest absolute Gasteiger partial charge is 0.231 e. The normalized spacial score (nSPS) is 11.9. The Bertz CT molecular complexity index is 139. The van der Waals surface area contributed by atoms with Gasteiger partial charge in [0.2, 0.25) is 4.52 Å². The van der Waals surface area contributed by atoms with Crippen LogP contribution in [0, 0.1) is 0 Å². The second kappa shape index (κ2) is 5.16. The summed E-state index contributed by atoms with van der Waals surface area (Å²) in [5.41, 5.74) is 0.933. The van der Waals surface area contributed by atoms with Gasteiger partial charge in [-0.15, -0.1) is 0 Å². The Kier molecular flexibility index (Phi) is 5.38. The minimum Gasteiger partial charge on any atom is -0.397 e. The maximum atomic E-state index is 5.63. The van der Waals surface area contributed by atoms with Crippen LogP contribution in [-0.4, -0.2) is 28.2 Å². The highest BCUT2D eigenvalue weighted by atomic mass is 35.5. The second-order valence-corrected chi connectivity index (χ2v) is 4.11. The topological polar surface area (TPSA) is 18.5 Å². The molecule has 0 radical (unpaired) electrons. The standard InChI is InChI=1S/C6H12Cl2O2Si/c1-5(2)3-9-4-6(7,8)10-11/h1,3-4H2,2,11H3. The van der Waals surface area contributed by atoms with Crippen molar-refractivity contribution >= 4 is 33.7 Å². The maximum absolute atomic E-state index is 5.63. The highest BCUT2D eigenvalue weighted by Gasteiger charge is 2.21. The van der Waals surface area contributed by atoms with Crippen LogP contribution >= 0.6 is 23.2 Å². The van der Waals surface area contributed by atoms with Gasteiger partial charge in [0.25, 0.3) is 0 Å². The average molecular weight is 215 g/mol. The summed E-state index contributed by atoms with van der Waals surface area (Å²) < 4.78 is 8.74. The van der Waals surface area contributed by atoms with Crippen LogP contribution in [0.25, 0.3) is 0 Å². The summed E-state index contributed by atoms with van der Waals surface area (Å²) in [5.74, 6) is 0. The van der Waals surface area contributed by atoms with Gasteiger partial charge in [-0.1, -0.05) is 35.4 Å². The highest BCUT2D eigenvalue weighted by Crippen LogP contribution is 2.21. The van der Waals surface area contributed by atoms with E-state index in [1.807, 2.05) is 6.92 Å². The monoisotopic (exact) mass is 214 g/mol. The maximum Gasteiger partial charge on any atom is 0.231 e. The van der Waals surface area contributed by atoms with Crippen LogP contribution < -0.4 is 0 Å². The van der Waals surface area contributed by atoms with E-state index in [1.54, 1.807) is 0 Å². The van der Waals surface area contributed by atoms with Crippen molar-refractivity contribution in [2.24, 2.45) is 0 Å². The molecule has 0 aromatic rings. The molecule has 0 fully saturated rings. The Morgan fingerprint density at radius 1 is 1.64 bits per heavy atom. The van der Waals surface area contributed by atoms with Crippen LogP contribution in [0.2, 0.25) is 0 Å². The first-order valence-electron chi connectivity index (χ1n) is 3.13. The van der Waals surface area contributed by atoms with Crippen molar-refractivity contribution in [1.29, 1.82) is 0 Å². The first kappa shape index (κ1) is 11.5. The first-order valence-corrected chi connectivity index (χ1v) is 4.70. The lowest BCUT2D eigenvalue weighted by Gasteiger charge is -2.17. The Morgan fingerprint density at radius 2 is 2.18 bits per heavy atom. The Hall–Kier alpha value is 0.457. The molecule has 0 aromatic carbocycles. The molecule has 0 saturated heterocycles. The van der Waals surface area contributed by atoms with E-state index in [9.17, 15) is 0 Å². The molecule has 0 aromatic heterocycles. The summed E-state index contributed by atoms with van der Waals surface area (Å²) in [7, 11) is 0.494. The molecule has 5 heteroatoms. The van der Waals surface area contributed by atoms with Crippen molar-refractivity contribution in [2.75, 3.05) is 13.2 Å². The lowest BCUT2D eigenvalue weighted by Crippen LogP contribution is -2.24. The first-order chi connectivity index (χ1) is 4.98. The summed E-state index contributed by atoms with van der Waals surface area (Å²) in [4.78, 5) is 0. The van der Waals surface area contributed by atoms with E-state index in [0.29, 0.717) is 17.1 Å². The van der Waals surface area contributed by atoms with E-state index in [1.165, 1.54) is 0 Å². The third-order valence-electron chi connectivity index (χ3n) is 0.917.